The monoisotopic (exact) mass is 487 g/mol. The van der Waals surface area contributed by atoms with Crippen LogP contribution < -0.4 is 11.0 Å². The average Bonchev–Trinajstić information content (AvgIpc) is 3.01. The van der Waals surface area contributed by atoms with E-state index in [1.807, 2.05) is 0 Å². The second kappa shape index (κ2) is 13.1. The summed E-state index contributed by atoms with van der Waals surface area (Å²) in [5, 5.41) is 13.0. The number of aliphatic hydroxyl groups excluding tert-OH is 1. The van der Waals surface area contributed by atoms with E-state index < -0.39 is 54.6 Å². The fourth-order valence-electron chi connectivity index (χ4n) is 2.96. The van der Waals surface area contributed by atoms with Crippen molar-refractivity contribution in [2.75, 3.05) is 31.7 Å². The van der Waals surface area contributed by atoms with Crippen LogP contribution in [-0.4, -0.2) is 83.7 Å². The molecular weight excluding hydrogens is 458 g/mol. The van der Waals surface area contributed by atoms with Crippen LogP contribution in [-0.2, 0) is 42.8 Å². The highest BCUT2D eigenvalue weighted by atomic mass is 16.9. The minimum Gasteiger partial charge on any atom is -0.463 e. The SMILES string of the molecule is CC(=O)Nc1ccn([C@@H]2O[C@H](C)C(O)C2OC(OCCOC(C)=O)OCCOC(C)=O)c(=O)n1. The summed E-state index contributed by atoms with van der Waals surface area (Å²) >= 11 is 0. The molecule has 0 aliphatic carbocycles. The summed E-state index contributed by atoms with van der Waals surface area (Å²) in [6.07, 6.45) is -2.80. The number of rotatable bonds is 12. The number of ether oxygens (including phenoxy) is 6. The van der Waals surface area contributed by atoms with Crippen LogP contribution in [0.4, 0.5) is 5.82 Å². The maximum Gasteiger partial charge on any atom is 0.351 e. The first-order chi connectivity index (χ1) is 16.1. The lowest BCUT2D eigenvalue weighted by molar-refractivity contribution is -0.321. The van der Waals surface area contributed by atoms with Crippen LogP contribution in [0.5, 0.6) is 0 Å². The molecule has 2 N–H and O–H groups in total. The molecule has 14 nitrogen and oxygen atoms in total. The molecule has 1 fully saturated rings. The quantitative estimate of drug-likeness (QED) is 0.216. The van der Waals surface area contributed by atoms with Gasteiger partial charge in [0.15, 0.2) is 6.23 Å². The first-order valence-corrected chi connectivity index (χ1v) is 10.4. The number of esters is 2. The zero-order valence-electron chi connectivity index (χ0n) is 19.3. The summed E-state index contributed by atoms with van der Waals surface area (Å²) in [6.45, 7) is 3.59. The van der Waals surface area contributed by atoms with Crippen molar-refractivity contribution in [2.45, 2.75) is 58.7 Å². The summed E-state index contributed by atoms with van der Waals surface area (Å²) < 4.78 is 33.0. The fourth-order valence-corrected chi connectivity index (χ4v) is 2.96. The molecule has 2 rings (SSSR count). The van der Waals surface area contributed by atoms with Crippen molar-refractivity contribution in [2.24, 2.45) is 0 Å². The molecule has 0 aromatic carbocycles. The van der Waals surface area contributed by atoms with Gasteiger partial charge < -0.3 is 38.8 Å². The Hall–Kier alpha value is -2.91. The van der Waals surface area contributed by atoms with Crippen molar-refractivity contribution in [3.8, 4) is 0 Å². The minimum absolute atomic E-state index is 0.0540. The number of carbonyl (C=O) groups excluding carboxylic acids is 3. The van der Waals surface area contributed by atoms with Gasteiger partial charge in [0.2, 0.25) is 5.91 Å². The van der Waals surface area contributed by atoms with E-state index in [0.717, 1.165) is 4.57 Å². The van der Waals surface area contributed by atoms with E-state index in [4.69, 9.17) is 28.4 Å². The van der Waals surface area contributed by atoms with Crippen LogP contribution in [0.3, 0.4) is 0 Å². The maximum absolute atomic E-state index is 12.5. The molecule has 1 aliphatic heterocycles. The number of hydrogen-bond donors (Lipinski definition) is 2. The van der Waals surface area contributed by atoms with Gasteiger partial charge in [0.05, 0.1) is 19.3 Å². The van der Waals surface area contributed by atoms with Crippen LogP contribution in [0.15, 0.2) is 17.1 Å². The molecule has 14 heteroatoms. The maximum atomic E-state index is 12.5. The highest BCUT2D eigenvalue weighted by Gasteiger charge is 2.45. The molecule has 34 heavy (non-hydrogen) atoms. The molecule has 1 aromatic rings. The zero-order chi connectivity index (χ0) is 25.3. The summed E-state index contributed by atoms with van der Waals surface area (Å²) in [5.74, 6) is -1.34. The molecule has 0 radical (unpaired) electrons. The van der Waals surface area contributed by atoms with Gasteiger partial charge in [-0.15, -0.1) is 0 Å². The standard InChI is InChI=1S/C20H29N3O11/c1-11-16(27)17(18(33-11)23-6-5-15(21-12(2)24)22-19(23)28)34-20(31-9-7-29-13(3)25)32-10-8-30-14(4)26/h5-6,11,16-18,20,27H,7-10H2,1-4H3,(H,21,22,24,28)/t11-,16?,17?,18-/m1/s1. The van der Waals surface area contributed by atoms with E-state index in [9.17, 15) is 24.3 Å². The predicted molar refractivity (Wildman–Crippen MR) is 112 cm³/mol. The van der Waals surface area contributed by atoms with Crippen molar-refractivity contribution in [1.82, 2.24) is 9.55 Å². The van der Waals surface area contributed by atoms with Gasteiger partial charge in [-0.2, -0.15) is 4.98 Å². The first-order valence-electron chi connectivity index (χ1n) is 10.4. The summed E-state index contributed by atoms with van der Waals surface area (Å²) in [5.41, 5.74) is -0.755. The Balaban J connectivity index is 2.14. The molecular formula is C20H29N3O11. The highest BCUT2D eigenvalue weighted by molar-refractivity contribution is 5.87. The normalized spacial score (nSPS) is 21.9. The van der Waals surface area contributed by atoms with Crippen molar-refractivity contribution in [3.63, 3.8) is 0 Å². The Morgan fingerprint density at radius 3 is 2.21 bits per heavy atom. The van der Waals surface area contributed by atoms with Crippen molar-refractivity contribution >= 4 is 23.7 Å². The van der Waals surface area contributed by atoms with Crippen LogP contribution in [0.25, 0.3) is 0 Å². The number of hydrogen-bond acceptors (Lipinski definition) is 12. The summed E-state index contributed by atoms with van der Waals surface area (Å²) in [7, 11) is 0. The largest absolute Gasteiger partial charge is 0.463 e. The van der Waals surface area contributed by atoms with Crippen LogP contribution in [0.1, 0.15) is 33.9 Å². The number of aromatic nitrogens is 2. The van der Waals surface area contributed by atoms with E-state index in [-0.39, 0.29) is 32.2 Å². The van der Waals surface area contributed by atoms with E-state index in [0.29, 0.717) is 0 Å². The van der Waals surface area contributed by atoms with Crippen LogP contribution >= 0.6 is 0 Å². The van der Waals surface area contributed by atoms with E-state index in [1.165, 1.54) is 33.0 Å². The Labute approximate surface area is 195 Å². The number of anilines is 1. The summed E-state index contributed by atoms with van der Waals surface area (Å²) in [4.78, 5) is 49.4. The molecule has 1 amide bonds. The fraction of sp³-hybridized carbons (Fsp3) is 0.650. The lowest BCUT2D eigenvalue weighted by Gasteiger charge is -2.27. The van der Waals surface area contributed by atoms with Gasteiger partial charge in [0, 0.05) is 27.0 Å². The van der Waals surface area contributed by atoms with Gasteiger partial charge in [-0.1, -0.05) is 0 Å². The Kier molecular flexibility index (Phi) is 10.5. The number of carbonyl (C=O) groups is 3. The Bertz CT molecular complexity index is 884. The van der Waals surface area contributed by atoms with E-state index >= 15 is 0 Å². The van der Waals surface area contributed by atoms with E-state index in [1.54, 1.807) is 6.92 Å². The van der Waals surface area contributed by atoms with Gasteiger partial charge in [0.25, 0.3) is 6.48 Å². The molecule has 0 spiro atoms. The molecule has 2 unspecified atom stereocenters. The molecule has 0 bridgehead atoms. The molecule has 0 saturated carbocycles. The molecule has 1 aliphatic rings. The van der Waals surface area contributed by atoms with Crippen molar-refractivity contribution in [3.05, 3.63) is 22.7 Å². The molecule has 190 valence electrons. The number of amides is 1. The third kappa shape index (κ3) is 8.46. The predicted octanol–water partition coefficient (Wildman–Crippen LogP) is -0.692. The van der Waals surface area contributed by atoms with Gasteiger partial charge >= 0.3 is 17.6 Å². The topological polar surface area (TPSA) is 174 Å². The lowest BCUT2D eigenvalue weighted by atomic mass is 10.1. The number of nitrogens with zero attached hydrogens (tertiary/aromatic N) is 2. The average molecular weight is 487 g/mol. The second-order valence-corrected chi connectivity index (χ2v) is 7.22. The first kappa shape index (κ1) is 27.3. The van der Waals surface area contributed by atoms with Gasteiger partial charge in [-0.05, 0) is 13.0 Å². The third-order valence-corrected chi connectivity index (χ3v) is 4.41. The zero-order valence-corrected chi connectivity index (χ0v) is 19.3. The van der Waals surface area contributed by atoms with Crippen LogP contribution in [0.2, 0.25) is 0 Å². The van der Waals surface area contributed by atoms with Gasteiger partial charge in [-0.3, -0.25) is 19.0 Å². The second-order valence-electron chi connectivity index (χ2n) is 7.22. The number of aliphatic hydroxyl groups is 1. The molecule has 4 atom stereocenters. The van der Waals surface area contributed by atoms with Crippen molar-refractivity contribution < 1.29 is 47.9 Å². The molecule has 2 heterocycles. The Morgan fingerprint density at radius 2 is 1.71 bits per heavy atom. The van der Waals surface area contributed by atoms with Crippen LogP contribution in [0, 0.1) is 0 Å². The minimum atomic E-state index is -1.38. The van der Waals surface area contributed by atoms with Crippen molar-refractivity contribution in [1.29, 1.82) is 0 Å². The third-order valence-electron chi connectivity index (χ3n) is 4.41. The summed E-state index contributed by atoms with van der Waals surface area (Å²) in [6, 6.07) is 1.39. The smallest absolute Gasteiger partial charge is 0.351 e. The number of nitrogens with one attached hydrogen (secondary N) is 1. The molecule has 1 aromatic heterocycles. The Morgan fingerprint density at radius 1 is 1.12 bits per heavy atom. The molecule has 1 saturated heterocycles. The highest BCUT2D eigenvalue weighted by Crippen LogP contribution is 2.32. The van der Waals surface area contributed by atoms with E-state index in [2.05, 4.69) is 10.3 Å². The van der Waals surface area contributed by atoms with Gasteiger partial charge in [-0.25, -0.2) is 4.79 Å². The van der Waals surface area contributed by atoms with Gasteiger partial charge in [0.1, 0.15) is 31.2 Å². The lowest BCUT2D eigenvalue weighted by Crippen LogP contribution is -2.41.